The van der Waals surface area contributed by atoms with E-state index in [4.69, 9.17) is 5.02 Å². The molecule has 0 saturated heterocycles. The normalized spacial score (nSPS) is 10.8. The van der Waals surface area contributed by atoms with Crippen molar-refractivity contribution < 1.29 is 5.02 Å². The summed E-state index contributed by atoms with van der Waals surface area (Å²) >= 11 is 0. The zero-order valence-electron chi connectivity index (χ0n) is 14.2. The fourth-order valence-corrected chi connectivity index (χ4v) is 2.68. The summed E-state index contributed by atoms with van der Waals surface area (Å²) in [5.41, 5.74) is 4.13. The standard InChI is InChI=1S/C17H16BN7O/c1-25-15-13(10-22-25)23-16(14-9-19-6-7-20-14)24-17(15)21-8-11-2-4-12(18-26)5-3-11/h2-7,9-10,18,26H,8H2,1H3,(H,21,23,24). The van der Waals surface area contributed by atoms with Crippen LogP contribution in [0.15, 0.2) is 49.1 Å². The summed E-state index contributed by atoms with van der Waals surface area (Å²) in [6, 6.07) is 7.76. The minimum atomic E-state index is 0.0384. The molecule has 3 heterocycles. The van der Waals surface area contributed by atoms with Crippen molar-refractivity contribution in [3.05, 3.63) is 54.6 Å². The number of benzene rings is 1. The van der Waals surface area contributed by atoms with Crippen molar-refractivity contribution in [1.82, 2.24) is 29.7 Å². The Morgan fingerprint density at radius 2 is 1.96 bits per heavy atom. The largest absolute Gasteiger partial charge is 0.449 e. The first kappa shape index (κ1) is 16.2. The highest BCUT2D eigenvalue weighted by Crippen LogP contribution is 2.23. The first-order chi connectivity index (χ1) is 12.7. The van der Waals surface area contributed by atoms with Crippen molar-refractivity contribution in [3.63, 3.8) is 0 Å². The lowest BCUT2D eigenvalue weighted by atomic mass is 9.88. The van der Waals surface area contributed by atoms with Gasteiger partial charge in [-0.05, 0) is 5.56 Å². The van der Waals surface area contributed by atoms with Crippen LogP contribution in [0, 0.1) is 0 Å². The summed E-state index contributed by atoms with van der Waals surface area (Å²) in [5.74, 6) is 1.18. The first-order valence-corrected chi connectivity index (χ1v) is 8.13. The van der Waals surface area contributed by atoms with Crippen LogP contribution in [0.2, 0.25) is 0 Å². The number of anilines is 1. The summed E-state index contributed by atoms with van der Waals surface area (Å²) in [7, 11) is 1.89. The maximum atomic E-state index is 9.15. The lowest BCUT2D eigenvalue weighted by Gasteiger charge is -2.10. The van der Waals surface area contributed by atoms with Crippen LogP contribution in [-0.4, -0.2) is 42.2 Å². The van der Waals surface area contributed by atoms with E-state index >= 15 is 0 Å². The highest BCUT2D eigenvalue weighted by Gasteiger charge is 2.14. The average Bonchev–Trinajstić information content (AvgIpc) is 3.08. The molecule has 0 radical (unpaired) electrons. The minimum Gasteiger partial charge on any atom is -0.449 e. The molecule has 3 aromatic heterocycles. The molecule has 128 valence electrons. The molecule has 0 amide bonds. The predicted octanol–water partition coefficient (Wildman–Crippen LogP) is 0.401. The molecule has 26 heavy (non-hydrogen) atoms. The van der Waals surface area contributed by atoms with Crippen LogP contribution in [-0.2, 0) is 13.6 Å². The van der Waals surface area contributed by atoms with Crippen LogP contribution in [0.3, 0.4) is 0 Å². The molecular weight excluding hydrogens is 329 g/mol. The second-order valence-electron chi connectivity index (χ2n) is 5.82. The molecule has 0 fully saturated rings. The number of rotatable bonds is 5. The van der Waals surface area contributed by atoms with Gasteiger partial charge in [-0.1, -0.05) is 29.7 Å². The molecular formula is C17H16BN7O. The van der Waals surface area contributed by atoms with Crippen molar-refractivity contribution in [1.29, 1.82) is 0 Å². The van der Waals surface area contributed by atoms with E-state index in [1.165, 1.54) is 0 Å². The van der Waals surface area contributed by atoms with Crippen LogP contribution < -0.4 is 10.8 Å². The Bertz CT molecular complexity index is 1030. The maximum Gasteiger partial charge on any atom is 0.304 e. The second-order valence-corrected chi connectivity index (χ2v) is 5.82. The van der Waals surface area contributed by atoms with E-state index in [0.717, 1.165) is 22.1 Å². The Kier molecular flexibility index (Phi) is 4.28. The van der Waals surface area contributed by atoms with Crippen LogP contribution in [0.4, 0.5) is 5.82 Å². The lowest BCUT2D eigenvalue weighted by Crippen LogP contribution is -2.13. The van der Waals surface area contributed by atoms with Crippen LogP contribution in [0.5, 0.6) is 0 Å². The Labute approximate surface area is 150 Å². The Balaban J connectivity index is 1.69. The van der Waals surface area contributed by atoms with Gasteiger partial charge in [-0.3, -0.25) is 9.67 Å². The van der Waals surface area contributed by atoms with Gasteiger partial charge in [0.2, 0.25) is 0 Å². The topological polar surface area (TPSA) is 102 Å². The number of hydrogen-bond acceptors (Lipinski definition) is 7. The van der Waals surface area contributed by atoms with Crippen molar-refractivity contribution >= 4 is 29.8 Å². The predicted molar refractivity (Wildman–Crippen MR) is 100 cm³/mol. The molecule has 0 bridgehead atoms. The van der Waals surface area contributed by atoms with Crippen molar-refractivity contribution in [3.8, 4) is 11.5 Å². The zero-order valence-corrected chi connectivity index (χ0v) is 14.2. The highest BCUT2D eigenvalue weighted by molar-refractivity contribution is 6.45. The van der Waals surface area contributed by atoms with E-state index in [1.54, 1.807) is 29.5 Å². The molecule has 0 atom stereocenters. The van der Waals surface area contributed by atoms with E-state index in [-0.39, 0.29) is 7.48 Å². The minimum absolute atomic E-state index is 0.0384. The van der Waals surface area contributed by atoms with Crippen LogP contribution >= 0.6 is 0 Å². The van der Waals surface area contributed by atoms with Gasteiger partial charge in [0.25, 0.3) is 0 Å². The van der Waals surface area contributed by atoms with E-state index in [1.807, 2.05) is 31.3 Å². The van der Waals surface area contributed by atoms with E-state index in [2.05, 4.69) is 30.4 Å². The summed E-state index contributed by atoms with van der Waals surface area (Å²) in [5, 5.41) is 16.8. The molecule has 4 rings (SSSR count). The highest BCUT2D eigenvalue weighted by atomic mass is 16.2. The van der Waals surface area contributed by atoms with Crippen molar-refractivity contribution in [2.75, 3.05) is 5.32 Å². The molecule has 4 aromatic rings. The molecule has 0 saturated carbocycles. The van der Waals surface area contributed by atoms with Gasteiger partial charge in [-0.2, -0.15) is 5.10 Å². The monoisotopic (exact) mass is 345 g/mol. The third kappa shape index (κ3) is 3.12. The van der Waals surface area contributed by atoms with E-state index in [9.17, 15) is 0 Å². The van der Waals surface area contributed by atoms with Crippen molar-refractivity contribution in [2.45, 2.75) is 6.54 Å². The third-order valence-corrected chi connectivity index (χ3v) is 4.05. The molecule has 9 heteroatoms. The van der Waals surface area contributed by atoms with Gasteiger partial charge in [0.15, 0.2) is 11.6 Å². The Morgan fingerprint density at radius 3 is 2.69 bits per heavy atom. The zero-order chi connectivity index (χ0) is 17.9. The number of nitrogens with zero attached hydrogens (tertiary/aromatic N) is 6. The van der Waals surface area contributed by atoms with Gasteiger partial charge in [0, 0.05) is 26.0 Å². The quantitative estimate of drug-likeness (QED) is 0.505. The summed E-state index contributed by atoms with van der Waals surface area (Å²) in [4.78, 5) is 17.5. The fourth-order valence-electron chi connectivity index (χ4n) is 2.68. The van der Waals surface area contributed by atoms with Gasteiger partial charge >= 0.3 is 7.48 Å². The summed E-state index contributed by atoms with van der Waals surface area (Å²) in [6.45, 7) is 0.586. The first-order valence-electron chi connectivity index (χ1n) is 8.13. The fraction of sp³-hybridized carbons (Fsp3) is 0.118. The molecule has 0 aliphatic carbocycles. The number of aromatic nitrogens is 6. The van der Waals surface area contributed by atoms with Gasteiger partial charge in [0.05, 0.1) is 12.4 Å². The number of hydrogen-bond donors (Lipinski definition) is 2. The van der Waals surface area contributed by atoms with Crippen molar-refractivity contribution in [2.24, 2.45) is 7.05 Å². The smallest absolute Gasteiger partial charge is 0.304 e. The Morgan fingerprint density at radius 1 is 1.12 bits per heavy atom. The van der Waals surface area contributed by atoms with Gasteiger partial charge in [-0.15, -0.1) is 0 Å². The molecule has 8 nitrogen and oxygen atoms in total. The van der Waals surface area contributed by atoms with E-state index < -0.39 is 0 Å². The molecule has 0 aliphatic heterocycles. The molecule has 0 aliphatic rings. The molecule has 0 spiro atoms. The van der Waals surface area contributed by atoms with Crippen LogP contribution in [0.25, 0.3) is 22.6 Å². The molecule has 1 aromatic carbocycles. The van der Waals surface area contributed by atoms with Gasteiger partial charge in [0.1, 0.15) is 16.7 Å². The second kappa shape index (κ2) is 6.89. The SMILES string of the molecule is Cn1ncc2nc(-c3cnccn3)nc(NCc3ccc(BO)cc3)c21. The average molecular weight is 345 g/mol. The van der Waals surface area contributed by atoms with Gasteiger partial charge in [-0.25, -0.2) is 15.0 Å². The Hall–Kier alpha value is -3.33. The number of fused-ring (bicyclic) bond motifs is 1. The molecule has 0 unspecified atom stereocenters. The van der Waals surface area contributed by atoms with E-state index in [0.29, 0.717) is 23.9 Å². The summed E-state index contributed by atoms with van der Waals surface area (Å²) < 4.78 is 1.74. The lowest BCUT2D eigenvalue weighted by molar-refractivity contribution is 0.615. The number of nitrogens with one attached hydrogen (secondary N) is 1. The maximum absolute atomic E-state index is 9.15. The van der Waals surface area contributed by atoms with Crippen LogP contribution in [0.1, 0.15) is 5.56 Å². The summed E-state index contributed by atoms with van der Waals surface area (Å²) in [6.07, 6.45) is 6.57. The number of aryl methyl sites for hydroxylation is 1. The third-order valence-electron chi connectivity index (χ3n) is 4.05. The molecule has 2 N–H and O–H groups in total. The van der Waals surface area contributed by atoms with Gasteiger partial charge < -0.3 is 10.3 Å².